The Morgan fingerprint density at radius 1 is 1.24 bits per heavy atom. The highest BCUT2D eigenvalue weighted by Crippen LogP contribution is 2.29. The quantitative estimate of drug-likeness (QED) is 0.522. The van der Waals surface area contributed by atoms with Gasteiger partial charge in [-0.15, -0.1) is 11.8 Å². The zero-order valence-corrected chi connectivity index (χ0v) is 19.4. The largest absolute Gasteiger partial charge is 0.481 e. The number of nitrogens with zero attached hydrogens (tertiary/aromatic N) is 3. The first-order valence-electron chi connectivity index (χ1n) is 11.0. The smallest absolute Gasteiger partial charge is 0.235 e. The predicted molar refractivity (Wildman–Crippen MR) is 124 cm³/mol. The average molecular weight is 486 g/mol. The van der Waals surface area contributed by atoms with E-state index < -0.39 is 12.1 Å². The van der Waals surface area contributed by atoms with Gasteiger partial charge in [-0.05, 0) is 24.6 Å². The Labute approximate surface area is 199 Å². The molecule has 0 spiro atoms. The second-order valence-corrected chi connectivity index (χ2v) is 9.02. The van der Waals surface area contributed by atoms with Gasteiger partial charge in [-0.2, -0.15) is 0 Å². The highest BCUT2D eigenvalue weighted by Gasteiger charge is 2.23. The molecule has 5 heterocycles. The number of pyridine rings is 3. The molecule has 0 aliphatic carbocycles. The number of hydrogen-bond donors (Lipinski definition) is 2. The number of ether oxygens (including phenoxy) is 3. The Balaban J connectivity index is 1.13. The molecule has 2 aliphatic rings. The number of thioether (sulfide) groups is 1. The minimum Gasteiger partial charge on any atom is -0.481 e. The van der Waals surface area contributed by atoms with Crippen LogP contribution in [-0.2, 0) is 27.2 Å². The Kier molecular flexibility index (Phi) is 6.86. The zero-order chi connectivity index (χ0) is 23.5. The van der Waals surface area contributed by atoms with Crippen LogP contribution in [0.25, 0.3) is 11.0 Å². The molecule has 34 heavy (non-hydrogen) atoms. The SMILES string of the molecule is COc1ccc2ncc(F)c(CCC3OCC(NCc4ccc5c(n4)NC(=O)CS5)CO3)c2n1. The molecule has 0 atom stereocenters. The molecule has 3 aromatic rings. The summed E-state index contributed by atoms with van der Waals surface area (Å²) >= 11 is 1.49. The fourth-order valence-corrected chi connectivity index (χ4v) is 4.63. The van der Waals surface area contributed by atoms with Crippen LogP contribution in [0.1, 0.15) is 17.7 Å². The van der Waals surface area contributed by atoms with Gasteiger partial charge in [0.05, 0.1) is 59.9 Å². The normalized spacial score (nSPS) is 20.1. The number of rotatable bonds is 7. The first-order chi connectivity index (χ1) is 16.6. The van der Waals surface area contributed by atoms with Gasteiger partial charge in [0.15, 0.2) is 6.29 Å². The lowest BCUT2D eigenvalue weighted by Crippen LogP contribution is -2.44. The highest BCUT2D eigenvalue weighted by atomic mass is 32.2. The lowest BCUT2D eigenvalue weighted by molar-refractivity contribution is -0.192. The molecule has 0 unspecified atom stereocenters. The third-order valence-corrected chi connectivity index (χ3v) is 6.70. The number of anilines is 1. The molecule has 1 fully saturated rings. The van der Waals surface area contributed by atoms with Crippen LogP contribution in [-0.4, -0.2) is 59.3 Å². The first kappa shape index (κ1) is 22.9. The van der Waals surface area contributed by atoms with Crippen molar-refractivity contribution in [1.29, 1.82) is 0 Å². The van der Waals surface area contributed by atoms with Gasteiger partial charge in [0, 0.05) is 24.6 Å². The van der Waals surface area contributed by atoms with Crippen LogP contribution in [0.15, 0.2) is 35.4 Å². The van der Waals surface area contributed by atoms with Crippen molar-refractivity contribution < 1.29 is 23.4 Å². The number of aromatic nitrogens is 3. The van der Waals surface area contributed by atoms with Crippen molar-refractivity contribution in [3.05, 3.63) is 47.5 Å². The fourth-order valence-electron chi connectivity index (χ4n) is 3.87. The van der Waals surface area contributed by atoms with E-state index in [9.17, 15) is 9.18 Å². The third kappa shape index (κ3) is 5.12. The summed E-state index contributed by atoms with van der Waals surface area (Å²) in [5.41, 5.74) is 2.40. The maximum absolute atomic E-state index is 14.5. The van der Waals surface area contributed by atoms with Crippen LogP contribution in [0.4, 0.5) is 10.2 Å². The summed E-state index contributed by atoms with van der Waals surface area (Å²) in [4.78, 5) is 25.5. The number of aryl methyl sites for hydroxylation is 1. The van der Waals surface area contributed by atoms with Crippen molar-refractivity contribution in [2.75, 3.05) is 31.4 Å². The summed E-state index contributed by atoms with van der Waals surface area (Å²) in [6.07, 6.45) is 1.68. The summed E-state index contributed by atoms with van der Waals surface area (Å²) in [5.74, 6) is 0.994. The highest BCUT2D eigenvalue weighted by molar-refractivity contribution is 8.00. The molecule has 0 radical (unpaired) electrons. The average Bonchev–Trinajstić information content (AvgIpc) is 2.87. The van der Waals surface area contributed by atoms with Gasteiger partial charge in [0.1, 0.15) is 11.6 Å². The van der Waals surface area contributed by atoms with Crippen LogP contribution in [0.5, 0.6) is 5.88 Å². The standard InChI is InChI=1S/C23H24FN5O4S/c1-31-20-6-4-17-22(29-20)15(16(24)9-26-17)3-7-21-32-10-14(11-33-21)25-8-13-2-5-18-23(27-13)28-19(30)12-34-18/h2,4-6,9,14,21,25H,3,7-8,10-12H2,1H3,(H,27,28,30). The number of hydrogen-bond acceptors (Lipinski definition) is 9. The Bertz CT molecular complexity index is 1210. The van der Waals surface area contributed by atoms with Crippen LogP contribution in [0, 0.1) is 5.82 Å². The summed E-state index contributed by atoms with van der Waals surface area (Å²) in [5, 5.41) is 6.17. The Hall–Kier alpha value is -2.86. The van der Waals surface area contributed by atoms with E-state index in [1.807, 2.05) is 12.1 Å². The van der Waals surface area contributed by atoms with E-state index in [2.05, 4.69) is 25.6 Å². The fraction of sp³-hybridized carbons (Fsp3) is 0.391. The van der Waals surface area contributed by atoms with E-state index in [-0.39, 0.29) is 11.9 Å². The van der Waals surface area contributed by atoms with Gasteiger partial charge in [-0.3, -0.25) is 9.78 Å². The van der Waals surface area contributed by atoms with Crippen molar-refractivity contribution in [3.8, 4) is 5.88 Å². The molecular weight excluding hydrogens is 461 g/mol. The zero-order valence-electron chi connectivity index (χ0n) is 18.5. The number of carbonyl (C=O) groups excluding carboxylic acids is 1. The number of halogens is 1. The summed E-state index contributed by atoms with van der Waals surface area (Å²) < 4.78 is 31.4. The molecule has 9 nitrogen and oxygen atoms in total. The lowest BCUT2D eigenvalue weighted by Gasteiger charge is -2.30. The molecule has 1 amide bonds. The summed E-state index contributed by atoms with van der Waals surface area (Å²) in [7, 11) is 1.52. The van der Waals surface area contributed by atoms with Gasteiger partial charge in [-0.25, -0.2) is 14.4 Å². The minimum atomic E-state index is -0.430. The molecule has 5 rings (SSSR count). The minimum absolute atomic E-state index is 0.00229. The monoisotopic (exact) mass is 485 g/mol. The second kappa shape index (κ2) is 10.2. The molecule has 1 saturated heterocycles. The molecular formula is C23H24FN5O4S. The van der Waals surface area contributed by atoms with E-state index >= 15 is 0 Å². The maximum Gasteiger partial charge on any atom is 0.235 e. The molecule has 178 valence electrons. The molecule has 2 N–H and O–H groups in total. The van der Waals surface area contributed by atoms with Crippen LogP contribution in [0.3, 0.4) is 0 Å². The van der Waals surface area contributed by atoms with Gasteiger partial charge < -0.3 is 24.8 Å². The van der Waals surface area contributed by atoms with Gasteiger partial charge in [0.2, 0.25) is 11.8 Å². The Morgan fingerprint density at radius 3 is 2.91 bits per heavy atom. The van der Waals surface area contributed by atoms with Gasteiger partial charge in [0.25, 0.3) is 0 Å². The topological polar surface area (TPSA) is 107 Å². The number of amides is 1. The van der Waals surface area contributed by atoms with E-state index in [1.165, 1.54) is 25.1 Å². The van der Waals surface area contributed by atoms with Crippen molar-refractivity contribution in [2.24, 2.45) is 0 Å². The number of fused-ring (bicyclic) bond motifs is 2. The summed E-state index contributed by atoms with van der Waals surface area (Å²) in [6, 6.07) is 7.38. The molecule has 3 aromatic heterocycles. The van der Waals surface area contributed by atoms with E-state index in [0.29, 0.717) is 66.6 Å². The van der Waals surface area contributed by atoms with Crippen molar-refractivity contribution in [2.45, 2.75) is 36.6 Å². The first-order valence-corrected chi connectivity index (χ1v) is 11.9. The van der Waals surface area contributed by atoms with Crippen molar-refractivity contribution >= 4 is 34.5 Å². The number of methoxy groups -OCH3 is 1. The maximum atomic E-state index is 14.5. The van der Waals surface area contributed by atoms with E-state index in [0.717, 1.165) is 10.6 Å². The summed E-state index contributed by atoms with van der Waals surface area (Å²) in [6.45, 7) is 1.46. The van der Waals surface area contributed by atoms with Gasteiger partial charge in [-0.1, -0.05) is 0 Å². The molecule has 0 saturated carbocycles. The van der Waals surface area contributed by atoms with E-state index in [4.69, 9.17) is 14.2 Å². The van der Waals surface area contributed by atoms with Gasteiger partial charge >= 0.3 is 0 Å². The predicted octanol–water partition coefficient (Wildman–Crippen LogP) is 2.68. The number of nitrogens with one attached hydrogen (secondary N) is 2. The van der Waals surface area contributed by atoms with Crippen molar-refractivity contribution in [3.63, 3.8) is 0 Å². The number of carbonyl (C=O) groups is 1. The van der Waals surface area contributed by atoms with Crippen LogP contribution in [0.2, 0.25) is 0 Å². The lowest BCUT2D eigenvalue weighted by atomic mass is 10.1. The van der Waals surface area contributed by atoms with Crippen molar-refractivity contribution in [1.82, 2.24) is 20.3 Å². The molecule has 2 aliphatic heterocycles. The Morgan fingerprint density at radius 2 is 2.09 bits per heavy atom. The molecule has 0 aromatic carbocycles. The third-order valence-electron chi connectivity index (χ3n) is 5.65. The second-order valence-electron chi connectivity index (χ2n) is 8.00. The van der Waals surface area contributed by atoms with Crippen LogP contribution < -0.4 is 15.4 Å². The molecule has 11 heteroatoms. The molecule has 0 bridgehead atoms. The van der Waals surface area contributed by atoms with Crippen LogP contribution >= 0.6 is 11.8 Å². The van der Waals surface area contributed by atoms with E-state index in [1.54, 1.807) is 12.1 Å².